The summed E-state index contributed by atoms with van der Waals surface area (Å²) in [6, 6.07) is 0. The molecule has 1 aromatic rings. The number of nitrogens with zero attached hydrogens (tertiary/aromatic N) is 4. The van der Waals surface area contributed by atoms with Gasteiger partial charge in [0.15, 0.2) is 0 Å². The van der Waals surface area contributed by atoms with Gasteiger partial charge in [-0.3, -0.25) is 14.3 Å². The van der Waals surface area contributed by atoms with Gasteiger partial charge in [-0.1, -0.05) is 0 Å². The molecule has 126 valence electrons. The summed E-state index contributed by atoms with van der Waals surface area (Å²) in [6.45, 7) is 3.31. The summed E-state index contributed by atoms with van der Waals surface area (Å²) in [5.41, 5.74) is 1.81. The maximum Gasteiger partial charge on any atom is 0.257 e. The van der Waals surface area contributed by atoms with Crippen LogP contribution in [-0.4, -0.2) is 63.5 Å². The number of carbonyl (C=O) groups excluding carboxylic acids is 2. The van der Waals surface area contributed by atoms with E-state index in [1.165, 1.54) is 0 Å². The highest BCUT2D eigenvalue weighted by Crippen LogP contribution is 2.20. The molecule has 0 atom stereocenters. The molecule has 0 aromatic carbocycles. The Kier molecular flexibility index (Phi) is 5.20. The molecule has 3 heterocycles. The lowest BCUT2D eigenvalue weighted by Crippen LogP contribution is -2.50. The molecule has 0 aliphatic carbocycles. The van der Waals surface area contributed by atoms with E-state index in [2.05, 4.69) is 5.10 Å². The van der Waals surface area contributed by atoms with Gasteiger partial charge in [-0.15, -0.1) is 11.6 Å². The average molecular weight is 339 g/mol. The second kappa shape index (κ2) is 7.34. The summed E-state index contributed by atoms with van der Waals surface area (Å²) >= 11 is 5.63. The number of carbonyl (C=O) groups is 2. The van der Waals surface area contributed by atoms with E-state index in [1.807, 2.05) is 14.5 Å². The highest BCUT2D eigenvalue weighted by Gasteiger charge is 2.28. The molecular formula is C16H23ClN4O2. The SMILES string of the molecule is O=C(CCCCl)N1CCN(C(=O)c2cnn3c2CCCC3)CC1. The monoisotopic (exact) mass is 338 g/mol. The minimum Gasteiger partial charge on any atom is -0.339 e. The van der Waals surface area contributed by atoms with Crippen LogP contribution in [0.25, 0.3) is 0 Å². The molecule has 6 nitrogen and oxygen atoms in total. The summed E-state index contributed by atoms with van der Waals surface area (Å²) in [6.07, 6.45) is 6.09. The Morgan fingerprint density at radius 2 is 1.83 bits per heavy atom. The van der Waals surface area contributed by atoms with Crippen molar-refractivity contribution in [3.8, 4) is 0 Å². The van der Waals surface area contributed by atoms with Crippen LogP contribution in [0, 0.1) is 0 Å². The Balaban J connectivity index is 1.58. The van der Waals surface area contributed by atoms with Crippen molar-refractivity contribution >= 4 is 23.4 Å². The number of halogens is 1. The van der Waals surface area contributed by atoms with E-state index in [0.717, 1.165) is 37.1 Å². The third-order valence-corrected chi connectivity index (χ3v) is 4.92. The normalized spacial score (nSPS) is 18.0. The predicted molar refractivity (Wildman–Crippen MR) is 87.6 cm³/mol. The van der Waals surface area contributed by atoms with Crippen LogP contribution in [0.5, 0.6) is 0 Å². The largest absolute Gasteiger partial charge is 0.339 e. The highest BCUT2D eigenvalue weighted by atomic mass is 35.5. The van der Waals surface area contributed by atoms with Crippen molar-refractivity contribution in [1.29, 1.82) is 0 Å². The van der Waals surface area contributed by atoms with E-state index >= 15 is 0 Å². The van der Waals surface area contributed by atoms with Gasteiger partial charge in [0.05, 0.1) is 17.5 Å². The van der Waals surface area contributed by atoms with Gasteiger partial charge in [0.2, 0.25) is 5.91 Å². The number of alkyl halides is 1. The number of amides is 2. The molecule has 7 heteroatoms. The molecule has 1 saturated heterocycles. The molecule has 2 aliphatic rings. The molecule has 3 rings (SSSR count). The van der Waals surface area contributed by atoms with Crippen LogP contribution < -0.4 is 0 Å². The lowest BCUT2D eigenvalue weighted by molar-refractivity contribution is -0.132. The fraction of sp³-hybridized carbons (Fsp3) is 0.688. The van der Waals surface area contributed by atoms with Gasteiger partial charge in [0.1, 0.15) is 0 Å². The molecule has 0 unspecified atom stereocenters. The fourth-order valence-electron chi connectivity index (χ4n) is 3.31. The van der Waals surface area contributed by atoms with Crippen molar-refractivity contribution in [2.75, 3.05) is 32.1 Å². The number of hydrogen-bond acceptors (Lipinski definition) is 3. The maximum atomic E-state index is 12.7. The molecule has 0 bridgehead atoms. The molecule has 2 aliphatic heterocycles. The highest BCUT2D eigenvalue weighted by molar-refractivity contribution is 6.17. The zero-order chi connectivity index (χ0) is 16.2. The van der Waals surface area contributed by atoms with Gasteiger partial charge in [-0.2, -0.15) is 5.10 Å². The minimum atomic E-state index is 0.0565. The van der Waals surface area contributed by atoms with E-state index in [0.29, 0.717) is 44.9 Å². The topological polar surface area (TPSA) is 58.4 Å². The van der Waals surface area contributed by atoms with Crippen LogP contribution in [0.15, 0.2) is 6.20 Å². The molecule has 0 N–H and O–H groups in total. The Hall–Kier alpha value is -1.56. The molecule has 1 aromatic heterocycles. The number of fused-ring (bicyclic) bond motifs is 1. The maximum absolute atomic E-state index is 12.7. The lowest BCUT2D eigenvalue weighted by atomic mass is 10.1. The number of rotatable bonds is 4. The van der Waals surface area contributed by atoms with Gasteiger partial charge in [-0.05, 0) is 25.7 Å². The molecule has 2 amide bonds. The van der Waals surface area contributed by atoms with Crippen molar-refractivity contribution in [3.05, 3.63) is 17.5 Å². The molecule has 23 heavy (non-hydrogen) atoms. The smallest absolute Gasteiger partial charge is 0.257 e. The Labute approximate surface area is 141 Å². The molecular weight excluding hydrogens is 316 g/mol. The van der Waals surface area contributed by atoms with Crippen LogP contribution in [0.2, 0.25) is 0 Å². The fourth-order valence-corrected chi connectivity index (χ4v) is 3.44. The van der Waals surface area contributed by atoms with Crippen LogP contribution in [0.3, 0.4) is 0 Å². The second-order valence-electron chi connectivity index (χ2n) is 6.15. The third kappa shape index (κ3) is 3.52. The van der Waals surface area contributed by atoms with E-state index in [1.54, 1.807) is 6.20 Å². The van der Waals surface area contributed by atoms with E-state index in [-0.39, 0.29) is 11.8 Å². The van der Waals surface area contributed by atoms with Crippen LogP contribution in [0.1, 0.15) is 41.7 Å². The second-order valence-corrected chi connectivity index (χ2v) is 6.53. The number of piperazine rings is 1. The van der Waals surface area contributed by atoms with Gasteiger partial charge < -0.3 is 9.80 Å². The van der Waals surface area contributed by atoms with Gasteiger partial charge in [0, 0.05) is 45.0 Å². The summed E-state index contributed by atoms with van der Waals surface area (Å²) in [7, 11) is 0. The quantitative estimate of drug-likeness (QED) is 0.782. The molecule has 0 radical (unpaired) electrons. The van der Waals surface area contributed by atoms with Crippen molar-refractivity contribution < 1.29 is 9.59 Å². The number of hydrogen-bond donors (Lipinski definition) is 0. The number of aromatic nitrogens is 2. The summed E-state index contributed by atoms with van der Waals surface area (Å²) < 4.78 is 1.96. The first kappa shape index (κ1) is 16.3. The Bertz CT molecular complexity index is 579. The first-order valence-electron chi connectivity index (χ1n) is 8.38. The Morgan fingerprint density at radius 3 is 2.57 bits per heavy atom. The van der Waals surface area contributed by atoms with Crippen molar-refractivity contribution in [2.45, 2.75) is 38.6 Å². The van der Waals surface area contributed by atoms with Gasteiger partial charge in [-0.25, -0.2) is 0 Å². The minimum absolute atomic E-state index is 0.0565. The standard InChI is InChI=1S/C16H23ClN4O2/c17-6-3-5-15(22)19-8-10-20(11-9-19)16(23)13-12-18-21-7-2-1-4-14(13)21/h12H,1-11H2. The summed E-state index contributed by atoms with van der Waals surface area (Å²) in [5, 5.41) is 4.34. The van der Waals surface area contributed by atoms with E-state index < -0.39 is 0 Å². The van der Waals surface area contributed by atoms with Crippen molar-refractivity contribution in [1.82, 2.24) is 19.6 Å². The summed E-state index contributed by atoms with van der Waals surface area (Å²) in [5.74, 6) is 0.707. The van der Waals surface area contributed by atoms with Gasteiger partial charge >= 0.3 is 0 Å². The predicted octanol–water partition coefficient (Wildman–Crippen LogP) is 1.52. The van der Waals surface area contributed by atoms with Gasteiger partial charge in [0.25, 0.3) is 5.91 Å². The van der Waals surface area contributed by atoms with Crippen molar-refractivity contribution in [2.24, 2.45) is 0 Å². The average Bonchev–Trinajstić information content (AvgIpc) is 3.03. The lowest BCUT2D eigenvalue weighted by Gasteiger charge is -2.35. The zero-order valence-electron chi connectivity index (χ0n) is 13.3. The third-order valence-electron chi connectivity index (χ3n) is 4.66. The first-order chi connectivity index (χ1) is 11.2. The van der Waals surface area contributed by atoms with Crippen LogP contribution in [0.4, 0.5) is 0 Å². The first-order valence-corrected chi connectivity index (χ1v) is 8.92. The van der Waals surface area contributed by atoms with E-state index in [4.69, 9.17) is 11.6 Å². The molecule has 0 saturated carbocycles. The van der Waals surface area contributed by atoms with Crippen molar-refractivity contribution in [3.63, 3.8) is 0 Å². The van der Waals surface area contributed by atoms with Crippen LogP contribution >= 0.6 is 11.6 Å². The zero-order valence-corrected chi connectivity index (χ0v) is 14.1. The molecule has 0 spiro atoms. The summed E-state index contributed by atoms with van der Waals surface area (Å²) in [4.78, 5) is 28.4. The Morgan fingerprint density at radius 1 is 1.09 bits per heavy atom. The molecule has 1 fully saturated rings. The van der Waals surface area contributed by atoms with E-state index in [9.17, 15) is 9.59 Å². The van der Waals surface area contributed by atoms with Crippen LogP contribution in [-0.2, 0) is 17.8 Å². The number of aryl methyl sites for hydroxylation is 1.